The Labute approximate surface area is 41.3 Å². The van der Waals surface area contributed by atoms with Crippen molar-refractivity contribution in [3.63, 3.8) is 0 Å². The Morgan fingerprint density at radius 2 is 2.29 bits per heavy atom. The molecule has 0 radical (unpaired) electrons. The van der Waals surface area contributed by atoms with Crippen LogP contribution in [-0.4, -0.2) is 30.5 Å². The molecule has 0 spiro atoms. The Hall–Kier alpha value is -0.150. The van der Waals surface area contributed by atoms with Gasteiger partial charge in [0.25, 0.3) is 0 Å². The third-order valence-electron chi connectivity index (χ3n) is 1.17. The van der Waals surface area contributed by atoms with E-state index in [1.807, 2.05) is 0 Å². The van der Waals surface area contributed by atoms with Gasteiger partial charge < -0.3 is 10.4 Å². The van der Waals surface area contributed by atoms with Gasteiger partial charge in [0.1, 0.15) is 0 Å². The first kappa shape index (κ1) is 5.00. The van der Waals surface area contributed by atoms with Crippen molar-refractivity contribution in [2.45, 2.75) is 5.67 Å². The minimum Gasteiger partial charge on any atom is -0.393 e. The summed E-state index contributed by atoms with van der Waals surface area (Å²) in [6, 6.07) is 0. The number of alkyl halides is 1. The van der Waals surface area contributed by atoms with E-state index in [9.17, 15) is 4.39 Å². The minimum absolute atomic E-state index is 0.309. The highest BCUT2D eigenvalue weighted by molar-refractivity contribution is 4.92. The number of aliphatic hydroxyl groups excluding tert-OH is 1. The first-order valence-corrected chi connectivity index (χ1v) is 2.27. The van der Waals surface area contributed by atoms with Crippen LogP contribution in [0.15, 0.2) is 0 Å². The van der Waals surface area contributed by atoms with Gasteiger partial charge in [-0.2, -0.15) is 0 Å². The van der Waals surface area contributed by atoms with Gasteiger partial charge in [-0.25, -0.2) is 4.39 Å². The van der Waals surface area contributed by atoms with E-state index in [-0.39, 0.29) is 6.61 Å². The van der Waals surface area contributed by atoms with Gasteiger partial charge in [0, 0.05) is 13.1 Å². The summed E-state index contributed by atoms with van der Waals surface area (Å²) in [7, 11) is 0. The molecule has 1 heterocycles. The van der Waals surface area contributed by atoms with Gasteiger partial charge in [0.05, 0.1) is 6.61 Å². The van der Waals surface area contributed by atoms with Crippen LogP contribution in [0.4, 0.5) is 4.39 Å². The van der Waals surface area contributed by atoms with Crippen molar-refractivity contribution in [3.05, 3.63) is 0 Å². The van der Waals surface area contributed by atoms with Crippen LogP contribution in [0, 0.1) is 0 Å². The molecule has 3 heteroatoms. The third-order valence-corrected chi connectivity index (χ3v) is 1.17. The molecular weight excluding hydrogens is 97.0 g/mol. The molecule has 1 saturated heterocycles. The number of halogens is 1. The van der Waals surface area contributed by atoms with Crippen molar-refractivity contribution in [1.29, 1.82) is 0 Å². The Morgan fingerprint density at radius 1 is 1.71 bits per heavy atom. The maximum absolute atomic E-state index is 12.3. The van der Waals surface area contributed by atoms with E-state index < -0.39 is 5.67 Å². The van der Waals surface area contributed by atoms with Gasteiger partial charge in [-0.3, -0.25) is 0 Å². The number of nitrogens with one attached hydrogen (secondary N) is 1. The SMILES string of the molecule is OCC1(F)CNC1. The van der Waals surface area contributed by atoms with E-state index in [0.29, 0.717) is 13.1 Å². The summed E-state index contributed by atoms with van der Waals surface area (Å²) in [5.74, 6) is 0. The number of hydrogen-bond donors (Lipinski definition) is 2. The topological polar surface area (TPSA) is 32.3 Å². The molecule has 7 heavy (non-hydrogen) atoms. The molecule has 0 aromatic heterocycles. The predicted octanol–water partition coefficient (Wildman–Crippen LogP) is -0.710. The van der Waals surface area contributed by atoms with E-state index in [0.717, 1.165) is 0 Å². The zero-order chi connectivity index (χ0) is 5.33. The Balaban J connectivity index is 2.29. The predicted molar refractivity (Wildman–Crippen MR) is 23.8 cm³/mol. The average Bonchev–Trinajstić information content (AvgIpc) is 1.61. The molecule has 1 aliphatic rings. The Kier molecular flexibility index (Phi) is 1.01. The Bertz CT molecular complexity index is 66.6. The van der Waals surface area contributed by atoms with E-state index >= 15 is 0 Å². The molecule has 0 aliphatic carbocycles. The third kappa shape index (κ3) is 0.737. The van der Waals surface area contributed by atoms with Crippen LogP contribution in [0.2, 0.25) is 0 Å². The second kappa shape index (κ2) is 1.42. The number of aliphatic hydroxyl groups is 1. The normalized spacial score (nSPS) is 26.6. The standard InChI is InChI=1S/C4H8FNO/c5-4(3-7)1-6-2-4/h6-7H,1-3H2. The van der Waals surface area contributed by atoms with Crippen LogP contribution in [0.3, 0.4) is 0 Å². The molecule has 0 atom stereocenters. The number of rotatable bonds is 1. The molecule has 42 valence electrons. The van der Waals surface area contributed by atoms with Gasteiger partial charge in [-0.1, -0.05) is 0 Å². The Morgan fingerprint density at radius 3 is 2.29 bits per heavy atom. The highest BCUT2D eigenvalue weighted by atomic mass is 19.1. The summed E-state index contributed by atoms with van der Waals surface area (Å²) >= 11 is 0. The second-order valence-corrected chi connectivity index (χ2v) is 1.91. The van der Waals surface area contributed by atoms with E-state index in [2.05, 4.69) is 5.32 Å². The van der Waals surface area contributed by atoms with Gasteiger partial charge in [-0.05, 0) is 0 Å². The fourth-order valence-electron chi connectivity index (χ4n) is 0.508. The fourth-order valence-corrected chi connectivity index (χ4v) is 0.508. The smallest absolute Gasteiger partial charge is 0.158 e. The van der Waals surface area contributed by atoms with Crippen LogP contribution in [0.25, 0.3) is 0 Å². The molecule has 0 bridgehead atoms. The molecule has 0 aromatic rings. The molecule has 1 aliphatic heterocycles. The van der Waals surface area contributed by atoms with E-state index in [4.69, 9.17) is 5.11 Å². The van der Waals surface area contributed by atoms with Crippen molar-refractivity contribution in [3.8, 4) is 0 Å². The molecule has 2 nitrogen and oxygen atoms in total. The summed E-state index contributed by atoms with van der Waals surface area (Å²) in [4.78, 5) is 0. The summed E-state index contributed by atoms with van der Waals surface area (Å²) in [5, 5.41) is 10.9. The van der Waals surface area contributed by atoms with Gasteiger partial charge in [0.15, 0.2) is 5.67 Å². The second-order valence-electron chi connectivity index (χ2n) is 1.91. The first-order valence-electron chi connectivity index (χ1n) is 2.27. The molecule has 0 saturated carbocycles. The average molecular weight is 105 g/mol. The largest absolute Gasteiger partial charge is 0.393 e. The van der Waals surface area contributed by atoms with Crippen LogP contribution >= 0.6 is 0 Å². The minimum atomic E-state index is -1.29. The fraction of sp³-hybridized carbons (Fsp3) is 1.00. The van der Waals surface area contributed by atoms with Crippen LogP contribution in [0.1, 0.15) is 0 Å². The zero-order valence-corrected chi connectivity index (χ0v) is 3.95. The lowest BCUT2D eigenvalue weighted by Gasteiger charge is -2.32. The summed E-state index contributed by atoms with van der Waals surface area (Å²) in [6.45, 7) is 0.271. The molecule has 1 rings (SSSR count). The van der Waals surface area contributed by atoms with Crippen molar-refractivity contribution >= 4 is 0 Å². The van der Waals surface area contributed by atoms with Gasteiger partial charge in [0.2, 0.25) is 0 Å². The van der Waals surface area contributed by atoms with Crippen LogP contribution < -0.4 is 5.32 Å². The summed E-state index contributed by atoms with van der Waals surface area (Å²) < 4.78 is 12.3. The summed E-state index contributed by atoms with van der Waals surface area (Å²) in [6.07, 6.45) is 0. The molecule has 0 aromatic carbocycles. The molecule has 2 N–H and O–H groups in total. The van der Waals surface area contributed by atoms with Gasteiger partial charge in [-0.15, -0.1) is 0 Å². The molecule has 0 unspecified atom stereocenters. The van der Waals surface area contributed by atoms with Gasteiger partial charge >= 0.3 is 0 Å². The quantitative estimate of drug-likeness (QED) is 0.461. The zero-order valence-electron chi connectivity index (χ0n) is 3.95. The maximum atomic E-state index is 12.3. The van der Waals surface area contributed by atoms with Crippen molar-refractivity contribution in [2.24, 2.45) is 0 Å². The summed E-state index contributed by atoms with van der Waals surface area (Å²) in [5.41, 5.74) is -1.29. The lowest BCUT2D eigenvalue weighted by molar-refractivity contribution is 0.0240. The lowest BCUT2D eigenvalue weighted by atomic mass is 10.0. The monoisotopic (exact) mass is 105 g/mol. The number of hydrogen-bond acceptors (Lipinski definition) is 2. The first-order chi connectivity index (χ1) is 3.27. The van der Waals surface area contributed by atoms with Crippen molar-refractivity contribution in [2.75, 3.05) is 19.7 Å². The highest BCUT2D eigenvalue weighted by Crippen LogP contribution is 2.13. The highest BCUT2D eigenvalue weighted by Gasteiger charge is 2.35. The van der Waals surface area contributed by atoms with Crippen molar-refractivity contribution < 1.29 is 9.50 Å². The van der Waals surface area contributed by atoms with Crippen molar-refractivity contribution in [1.82, 2.24) is 5.32 Å². The van der Waals surface area contributed by atoms with Crippen LogP contribution in [0.5, 0.6) is 0 Å². The van der Waals surface area contributed by atoms with E-state index in [1.165, 1.54) is 0 Å². The molecular formula is C4H8FNO. The lowest BCUT2D eigenvalue weighted by Crippen LogP contribution is -2.58. The van der Waals surface area contributed by atoms with Crippen LogP contribution in [-0.2, 0) is 0 Å². The molecule has 1 fully saturated rings. The van der Waals surface area contributed by atoms with E-state index in [1.54, 1.807) is 0 Å². The molecule has 0 amide bonds. The maximum Gasteiger partial charge on any atom is 0.158 e.